The van der Waals surface area contributed by atoms with Crippen LogP contribution in [0, 0.1) is 17.8 Å². The number of piperidine rings is 1. The van der Waals surface area contributed by atoms with Crippen LogP contribution in [0.1, 0.15) is 26.7 Å². The Labute approximate surface area is 89.3 Å². The van der Waals surface area contributed by atoms with Gasteiger partial charge in [0.25, 0.3) is 0 Å². The molecule has 4 heteroatoms. The van der Waals surface area contributed by atoms with Crippen LogP contribution in [0.15, 0.2) is 0 Å². The Kier molecular flexibility index (Phi) is 2.54. The SMILES string of the molecule is CC(C)C(CCO)N1C(=O)C2CC2C1=O. The molecule has 1 N–H and O–H groups in total. The molecule has 2 fully saturated rings. The summed E-state index contributed by atoms with van der Waals surface area (Å²) in [6.07, 6.45) is 1.24. The highest BCUT2D eigenvalue weighted by atomic mass is 16.3. The Bertz CT molecular complexity index is 280. The molecule has 0 radical (unpaired) electrons. The topological polar surface area (TPSA) is 57.6 Å². The molecule has 2 rings (SSSR count). The molecule has 1 saturated heterocycles. The van der Waals surface area contributed by atoms with E-state index in [-0.39, 0.29) is 42.2 Å². The smallest absolute Gasteiger partial charge is 0.233 e. The summed E-state index contributed by atoms with van der Waals surface area (Å²) in [5, 5.41) is 8.95. The highest BCUT2D eigenvalue weighted by molar-refractivity contribution is 6.09. The molecule has 3 unspecified atom stereocenters. The second-order valence-corrected chi connectivity index (χ2v) is 4.82. The molecule has 0 bridgehead atoms. The summed E-state index contributed by atoms with van der Waals surface area (Å²) < 4.78 is 0. The van der Waals surface area contributed by atoms with Crippen molar-refractivity contribution in [3.8, 4) is 0 Å². The molecule has 0 aromatic carbocycles. The first-order valence-corrected chi connectivity index (χ1v) is 5.55. The van der Waals surface area contributed by atoms with Crippen molar-refractivity contribution >= 4 is 11.8 Å². The number of aliphatic hydroxyl groups excluding tert-OH is 1. The van der Waals surface area contributed by atoms with E-state index in [1.165, 1.54) is 4.90 Å². The van der Waals surface area contributed by atoms with Crippen molar-refractivity contribution in [3.63, 3.8) is 0 Å². The van der Waals surface area contributed by atoms with E-state index in [1.54, 1.807) is 0 Å². The Morgan fingerprint density at radius 1 is 1.33 bits per heavy atom. The minimum atomic E-state index is -0.122. The van der Waals surface area contributed by atoms with Crippen molar-refractivity contribution in [3.05, 3.63) is 0 Å². The maximum Gasteiger partial charge on any atom is 0.233 e. The molecule has 3 atom stereocenters. The van der Waals surface area contributed by atoms with E-state index >= 15 is 0 Å². The molecule has 0 aromatic heterocycles. The van der Waals surface area contributed by atoms with Gasteiger partial charge in [0, 0.05) is 12.6 Å². The summed E-state index contributed by atoms with van der Waals surface area (Å²) in [5.74, 6) is 0.117. The summed E-state index contributed by atoms with van der Waals surface area (Å²) in [6.45, 7) is 3.98. The third kappa shape index (κ3) is 1.57. The van der Waals surface area contributed by atoms with E-state index in [9.17, 15) is 9.59 Å². The van der Waals surface area contributed by atoms with Crippen LogP contribution in [0.4, 0.5) is 0 Å². The molecule has 1 saturated carbocycles. The zero-order valence-corrected chi connectivity index (χ0v) is 9.14. The van der Waals surface area contributed by atoms with Crippen LogP contribution in [-0.4, -0.2) is 34.5 Å². The number of amides is 2. The lowest BCUT2D eigenvalue weighted by Gasteiger charge is -2.30. The fourth-order valence-corrected chi connectivity index (χ4v) is 2.43. The molecule has 1 heterocycles. The minimum absolute atomic E-state index is 0.0165. The van der Waals surface area contributed by atoms with E-state index < -0.39 is 0 Å². The molecule has 0 spiro atoms. The van der Waals surface area contributed by atoms with Crippen molar-refractivity contribution < 1.29 is 14.7 Å². The van der Waals surface area contributed by atoms with E-state index in [1.807, 2.05) is 13.8 Å². The van der Waals surface area contributed by atoms with Gasteiger partial charge in [-0.1, -0.05) is 13.8 Å². The molecule has 0 aromatic rings. The van der Waals surface area contributed by atoms with Crippen molar-refractivity contribution in [2.75, 3.05) is 6.61 Å². The first-order chi connectivity index (χ1) is 7.07. The number of rotatable bonds is 4. The normalized spacial score (nSPS) is 31.1. The van der Waals surface area contributed by atoms with Gasteiger partial charge < -0.3 is 5.11 Å². The van der Waals surface area contributed by atoms with Gasteiger partial charge in [0.2, 0.25) is 11.8 Å². The number of imide groups is 1. The van der Waals surface area contributed by atoms with Gasteiger partial charge in [0.15, 0.2) is 0 Å². The van der Waals surface area contributed by atoms with Gasteiger partial charge in [-0.05, 0) is 18.8 Å². The predicted octanol–water partition coefficient (Wildman–Crippen LogP) is 0.398. The number of hydrogen-bond acceptors (Lipinski definition) is 3. The van der Waals surface area contributed by atoms with Gasteiger partial charge in [0.1, 0.15) is 0 Å². The Hall–Kier alpha value is -0.900. The minimum Gasteiger partial charge on any atom is -0.396 e. The number of hydrogen-bond donors (Lipinski definition) is 1. The maximum absolute atomic E-state index is 11.8. The first-order valence-electron chi connectivity index (χ1n) is 5.55. The number of aliphatic hydroxyl groups is 1. The second-order valence-electron chi connectivity index (χ2n) is 4.82. The highest BCUT2D eigenvalue weighted by Gasteiger charge is 2.60. The van der Waals surface area contributed by atoms with Crippen LogP contribution in [0.3, 0.4) is 0 Å². The van der Waals surface area contributed by atoms with Gasteiger partial charge in [0.05, 0.1) is 11.8 Å². The lowest BCUT2D eigenvalue weighted by Crippen LogP contribution is -2.45. The third-order valence-corrected chi connectivity index (χ3v) is 3.43. The number of nitrogens with zero attached hydrogens (tertiary/aromatic N) is 1. The monoisotopic (exact) mass is 211 g/mol. The third-order valence-electron chi connectivity index (χ3n) is 3.43. The van der Waals surface area contributed by atoms with Crippen molar-refractivity contribution in [2.24, 2.45) is 17.8 Å². The van der Waals surface area contributed by atoms with E-state index in [4.69, 9.17) is 5.11 Å². The molecule has 2 aliphatic rings. The fourth-order valence-electron chi connectivity index (χ4n) is 2.43. The Morgan fingerprint density at radius 3 is 2.27 bits per heavy atom. The Morgan fingerprint density at radius 2 is 1.87 bits per heavy atom. The Balaban J connectivity index is 2.14. The molecular weight excluding hydrogens is 194 g/mol. The van der Waals surface area contributed by atoms with Gasteiger partial charge >= 0.3 is 0 Å². The second kappa shape index (κ2) is 3.59. The summed E-state index contributed by atoms with van der Waals surface area (Å²) >= 11 is 0. The summed E-state index contributed by atoms with van der Waals surface area (Å²) in [5.41, 5.74) is 0. The van der Waals surface area contributed by atoms with Crippen molar-refractivity contribution in [1.29, 1.82) is 0 Å². The zero-order valence-electron chi connectivity index (χ0n) is 9.14. The molecule has 4 nitrogen and oxygen atoms in total. The van der Waals surface area contributed by atoms with Gasteiger partial charge in [-0.15, -0.1) is 0 Å². The molecular formula is C11H17NO3. The summed E-state index contributed by atoms with van der Waals surface area (Å²) in [6, 6.07) is -0.122. The van der Waals surface area contributed by atoms with Crippen molar-refractivity contribution in [2.45, 2.75) is 32.7 Å². The lowest BCUT2D eigenvalue weighted by molar-refractivity contribution is -0.145. The summed E-state index contributed by atoms with van der Waals surface area (Å²) in [4.78, 5) is 25.0. The standard InChI is InChI=1S/C11H17NO3/c1-6(2)9(3-4-13)12-10(14)7-5-8(7)11(12)15/h6-9,13H,3-5H2,1-2H3. The maximum atomic E-state index is 11.8. The van der Waals surface area contributed by atoms with Crippen molar-refractivity contribution in [1.82, 2.24) is 4.90 Å². The average Bonchev–Trinajstić information content (AvgIpc) is 2.91. The van der Waals surface area contributed by atoms with E-state index in [0.717, 1.165) is 6.42 Å². The fraction of sp³-hybridized carbons (Fsp3) is 0.818. The number of carbonyl (C=O) groups excluding carboxylic acids is 2. The number of fused-ring (bicyclic) bond motifs is 1. The first kappa shape index (κ1) is 10.6. The highest BCUT2D eigenvalue weighted by Crippen LogP contribution is 2.48. The quantitative estimate of drug-likeness (QED) is 0.685. The van der Waals surface area contributed by atoms with Gasteiger partial charge in [-0.3, -0.25) is 14.5 Å². The van der Waals surface area contributed by atoms with E-state index in [2.05, 4.69) is 0 Å². The largest absolute Gasteiger partial charge is 0.396 e. The van der Waals surface area contributed by atoms with E-state index in [0.29, 0.717) is 6.42 Å². The predicted molar refractivity (Wildman–Crippen MR) is 53.8 cm³/mol. The molecule has 15 heavy (non-hydrogen) atoms. The van der Waals surface area contributed by atoms with Crippen LogP contribution in [-0.2, 0) is 9.59 Å². The van der Waals surface area contributed by atoms with Gasteiger partial charge in [-0.25, -0.2) is 0 Å². The summed E-state index contributed by atoms with van der Waals surface area (Å²) in [7, 11) is 0. The lowest BCUT2D eigenvalue weighted by atomic mass is 9.99. The number of likely N-dealkylation sites (tertiary alicyclic amines) is 1. The van der Waals surface area contributed by atoms with Crippen LogP contribution >= 0.6 is 0 Å². The molecule has 1 aliphatic heterocycles. The average molecular weight is 211 g/mol. The molecule has 84 valence electrons. The zero-order chi connectivity index (χ0) is 11.2. The van der Waals surface area contributed by atoms with Crippen LogP contribution in [0.25, 0.3) is 0 Å². The molecule has 2 amide bonds. The number of carbonyl (C=O) groups is 2. The van der Waals surface area contributed by atoms with Crippen LogP contribution < -0.4 is 0 Å². The van der Waals surface area contributed by atoms with Crippen LogP contribution in [0.2, 0.25) is 0 Å². The van der Waals surface area contributed by atoms with Crippen LogP contribution in [0.5, 0.6) is 0 Å². The molecule has 1 aliphatic carbocycles. The van der Waals surface area contributed by atoms with Gasteiger partial charge in [-0.2, -0.15) is 0 Å².